The number of ketones is 1. The summed E-state index contributed by atoms with van der Waals surface area (Å²) in [5.74, 6) is -0.298. The molecule has 0 bridgehead atoms. The zero-order valence-electron chi connectivity index (χ0n) is 25.0. The number of likely N-dealkylation sites (tertiary alicyclic amines) is 2. The van der Waals surface area contributed by atoms with E-state index in [-0.39, 0.29) is 47.4 Å². The van der Waals surface area contributed by atoms with Crippen LogP contribution in [0.15, 0.2) is 24.3 Å². The second-order valence-corrected chi connectivity index (χ2v) is 12.9. The Morgan fingerprint density at radius 3 is 2.15 bits per heavy atom. The minimum Gasteiger partial charge on any atom is -0.372 e. The van der Waals surface area contributed by atoms with Crippen molar-refractivity contribution in [3.05, 3.63) is 35.4 Å². The third kappa shape index (κ3) is 7.27. The summed E-state index contributed by atoms with van der Waals surface area (Å²) in [6.07, 6.45) is 1.83. The predicted octanol–water partition coefficient (Wildman–Crippen LogP) is 3.96. The van der Waals surface area contributed by atoms with Gasteiger partial charge in [0.2, 0.25) is 5.91 Å². The highest BCUT2D eigenvalue weighted by molar-refractivity contribution is 6.01. The molecule has 1 N–H and O–H groups in total. The maximum absolute atomic E-state index is 13.8. The number of benzene rings is 1. The van der Waals surface area contributed by atoms with Gasteiger partial charge in [0.05, 0.1) is 12.6 Å². The van der Waals surface area contributed by atoms with Crippen molar-refractivity contribution in [2.24, 2.45) is 11.8 Å². The average molecular weight is 542 g/mol. The monoisotopic (exact) mass is 541 g/mol. The lowest BCUT2D eigenvalue weighted by Gasteiger charge is -2.29. The Kier molecular flexibility index (Phi) is 9.97. The van der Waals surface area contributed by atoms with Gasteiger partial charge in [-0.2, -0.15) is 0 Å². The van der Waals surface area contributed by atoms with Gasteiger partial charge in [0.25, 0.3) is 11.8 Å². The lowest BCUT2D eigenvalue weighted by Crippen LogP contribution is -2.53. The van der Waals surface area contributed by atoms with Gasteiger partial charge in [-0.25, -0.2) is 0 Å². The molecule has 3 rings (SSSR count). The highest BCUT2D eigenvalue weighted by Crippen LogP contribution is 2.32. The van der Waals surface area contributed by atoms with Gasteiger partial charge >= 0.3 is 0 Å². The van der Waals surface area contributed by atoms with Gasteiger partial charge in [-0.15, -0.1) is 0 Å². The Hall–Kier alpha value is -2.74. The number of nitrogens with one attached hydrogen (secondary N) is 1. The van der Waals surface area contributed by atoms with Crippen LogP contribution in [-0.4, -0.2) is 77.7 Å². The van der Waals surface area contributed by atoms with Crippen molar-refractivity contribution in [2.45, 2.75) is 104 Å². The van der Waals surface area contributed by atoms with E-state index < -0.39 is 18.2 Å². The number of carbonyl (C=O) groups is 4. The molecule has 4 atom stereocenters. The molecule has 0 spiro atoms. The van der Waals surface area contributed by atoms with E-state index in [1.54, 1.807) is 21.9 Å². The average Bonchev–Trinajstić information content (AvgIpc) is 3.43. The highest BCUT2D eigenvalue weighted by atomic mass is 16.5. The molecule has 2 fully saturated rings. The first kappa shape index (κ1) is 30.8. The number of rotatable bonds is 10. The third-order valence-electron chi connectivity index (χ3n) is 7.88. The van der Waals surface area contributed by atoms with E-state index in [0.29, 0.717) is 37.3 Å². The van der Waals surface area contributed by atoms with Gasteiger partial charge in [-0.3, -0.25) is 19.2 Å². The van der Waals surface area contributed by atoms with Crippen LogP contribution in [0.2, 0.25) is 0 Å². The van der Waals surface area contributed by atoms with E-state index in [2.05, 4.69) is 39.9 Å². The van der Waals surface area contributed by atoms with E-state index in [1.165, 1.54) is 7.11 Å². The fourth-order valence-corrected chi connectivity index (χ4v) is 5.63. The van der Waals surface area contributed by atoms with Crippen molar-refractivity contribution in [1.29, 1.82) is 0 Å². The number of ether oxygens (including phenoxy) is 1. The molecule has 1 aromatic carbocycles. The summed E-state index contributed by atoms with van der Waals surface area (Å²) in [4.78, 5) is 56.6. The number of amides is 3. The molecule has 0 saturated carbocycles. The number of fused-ring (bicyclic) bond motifs is 1. The van der Waals surface area contributed by atoms with Crippen LogP contribution in [0, 0.1) is 11.8 Å². The first-order valence-electron chi connectivity index (χ1n) is 14.3. The summed E-state index contributed by atoms with van der Waals surface area (Å²) in [5.41, 5.74) is 1.58. The molecule has 2 saturated heterocycles. The topological polar surface area (TPSA) is 96.0 Å². The van der Waals surface area contributed by atoms with E-state index >= 15 is 0 Å². The molecule has 39 heavy (non-hydrogen) atoms. The van der Waals surface area contributed by atoms with Crippen LogP contribution in [0.3, 0.4) is 0 Å². The molecule has 1 aromatic rings. The van der Waals surface area contributed by atoms with Crippen molar-refractivity contribution >= 4 is 23.5 Å². The zero-order valence-corrected chi connectivity index (χ0v) is 25.0. The highest BCUT2D eigenvalue weighted by Gasteiger charge is 2.53. The Bertz CT molecular complexity index is 1040. The molecule has 0 radical (unpaired) electrons. The molecule has 0 aromatic heterocycles. The van der Waals surface area contributed by atoms with Gasteiger partial charge < -0.3 is 19.9 Å². The summed E-state index contributed by atoms with van der Waals surface area (Å²) in [6, 6.07) is 5.66. The molecule has 4 unspecified atom stereocenters. The molecule has 8 nitrogen and oxygen atoms in total. The molecule has 2 aliphatic rings. The number of Topliss-reactive ketones (excluding diaryl/α,β-unsaturated/α-hetero) is 1. The van der Waals surface area contributed by atoms with E-state index in [9.17, 15) is 19.2 Å². The Morgan fingerprint density at radius 1 is 0.974 bits per heavy atom. The Morgan fingerprint density at radius 2 is 1.62 bits per heavy atom. The minimum atomic E-state index is -0.756. The van der Waals surface area contributed by atoms with Crippen LogP contribution in [0.1, 0.15) is 90.1 Å². The predicted molar refractivity (Wildman–Crippen MR) is 151 cm³/mol. The standard InChI is InChI=1S/C31H47N3O5/c1-19(2)9-14-26(39-8)30(38)34-18-25(35)27-24(34)15-16-33(27)29(37)23(17-20(3)4)32-28(36)21-10-12-22(13-11-21)31(5,6)7/h10-13,19-20,23-24,26-27H,9,14-18H2,1-8H3,(H,32,36). The summed E-state index contributed by atoms with van der Waals surface area (Å²) < 4.78 is 5.50. The molecular formula is C31H47N3O5. The Balaban J connectivity index is 1.74. The fraction of sp³-hybridized carbons (Fsp3) is 0.677. The van der Waals surface area contributed by atoms with Crippen LogP contribution >= 0.6 is 0 Å². The first-order valence-corrected chi connectivity index (χ1v) is 14.3. The number of hydrogen-bond acceptors (Lipinski definition) is 5. The summed E-state index contributed by atoms with van der Waals surface area (Å²) in [7, 11) is 1.53. The molecule has 8 heteroatoms. The van der Waals surface area contributed by atoms with Crippen LogP contribution in [0.25, 0.3) is 0 Å². The number of methoxy groups -OCH3 is 1. The fourth-order valence-electron chi connectivity index (χ4n) is 5.63. The van der Waals surface area contributed by atoms with Crippen LogP contribution in [0.4, 0.5) is 0 Å². The third-order valence-corrected chi connectivity index (χ3v) is 7.88. The van der Waals surface area contributed by atoms with Gasteiger partial charge in [-0.1, -0.05) is 60.6 Å². The summed E-state index contributed by atoms with van der Waals surface area (Å²) >= 11 is 0. The molecule has 216 valence electrons. The smallest absolute Gasteiger partial charge is 0.252 e. The lowest BCUT2D eigenvalue weighted by atomic mass is 9.86. The quantitative estimate of drug-likeness (QED) is 0.484. The SMILES string of the molecule is COC(CCC(C)C)C(=O)N1CC(=O)C2C1CCN2C(=O)C(CC(C)C)NC(=O)c1ccc(C(C)(C)C)cc1. The summed E-state index contributed by atoms with van der Waals surface area (Å²) in [5, 5.41) is 2.94. The van der Waals surface area contributed by atoms with Crippen molar-refractivity contribution in [1.82, 2.24) is 15.1 Å². The van der Waals surface area contributed by atoms with Gasteiger partial charge in [0.1, 0.15) is 18.2 Å². The maximum atomic E-state index is 13.8. The second-order valence-electron chi connectivity index (χ2n) is 12.9. The molecule has 2 heterocycles. The van der Waals surface area contributed by atoms with E-state index in [4.69, 9.17) is 4.74 Å². The number of nitrogens with zero attached hydrogens (tertiary/aromatic N) is 2. The second kappa shape index (κ2) is 12.6. The van der Waals surface area contributed by atoms with Crippen LogP contribution in [0.5, 0.6) is 0 Å². The normalized spacial score (nSPS) is 20.9. The van der Waals surface area contributed by atoms with Crippen LogP contribution in [-0.2, 0) is 24.5 Å². The van der Waals surface area contributed by atoms with Gasteiger partial charge in [-0.05, 0) is 60.6 Å². The molecule has 3 amide bonds. The minimum absolute atomic E-state index is 0.0131. The lowest BCUT2D eigenvalue weighted by molar-refractivity contribution is -0.144. The van der Waals surface area contributed by atoms with E-state index in [0.717, 1.165) is 12.0 Å². The van der Waals surface area contributed by atoms with Gasteiger partial charge in [0, 0.05) is 19.2 Å². The van der Waals surface area contributed by atoms with Crippen molar-refractivity contribution in [3.8, 4) is 0 Å². The van der Waals surface area contributed by atoms with Crippen LogP contribution < -0.4 is 5.32 Å². The van der Waals surface area contributed by atoms with Gasteiger partial charge in [0.15, 0.2) is 5.78 Å². The Labute approximate surface area is 233 Å². The largest absolute Gasteiger partial charge is 0.372 e. The summed E-state index contributed by atoms with van der Waals surface area (Å²) in [6.45, 7) is 14.9. The maximum Gasteiger partial charge on any atom is 0.252 e. The zero-order chi connectivity index (χ0) is 29.1. The van der Waals surface area contributed by atoms with Crippen molar-refractivity contribution in [2.75, 3.05) is 20.2 Å². The van der Waals surface area contributed by atoms with E-state index in [1.807, 2.05) is 26.0 Å². The molecule has 0 aliphatic carbocycles. The molecular weight excluding hydrogens is 494 g/mol. The molecule has 2 aliphatic heterocycles. The first-order chi connectivity index (χ1) is 18.2. The number of hydrogen-bond donors (Lipinski definition) is 1. The van der Waals surface area contributed by atoms with Crippen molar-refractivity contribution < 1.29 is 23.9 Å². The number of carbonyl (C=O) groups excluding carboxylic acids is 4. The van der Waals surface area contributed by atoms with Crippen molar-refractivity contribution in [3.63, 3.8) is 0 Å².